The van der Waals surface area contributed by atoms with E-state index in [4.69, 9.17) is 13.8 Å². The van der Waals surface area contributed by atoms with Crippen molar-refractivity contribution in [3.8, 4) is 5.75 Å². The minimum absolute atomic E-state index is 0.555. The van der Waals surface area contributed by atoms with Gasteiger partial charge < -0.3 is 13.8 Å². The molecule has 0 heterocycles. The van der Waals surface area contributed by atoms with Gasteiger partial charge in [-0.1, -0.05) is 12.1 Å². The molecule has 0 amide bonds. The molecule has 0 saturated heterocycles. The van der Waals surface area contributed by atoms with E-state index in [0.717, 1.165) is 5.75 Å². The Morgan fingerprint density at radius 1 is 1.55 bits per heavy atom. The second-order valence-electron chi connectivity index (χ2n) is 2.21. The molecule has 11 heavy (non-hydrogen) atoms. The topological polar surface area (TPSA) is 9.23 Å². The first-order chi connectivity index (χ1) is 5.36. The van der Waals surface area contributed by atoms with Crippen LogP contribution in [0.15, 0.2) is 24.3 Å². The molecule has 0 bridgehead atoms. The predicted octanol–water partition coefficient (Wildman–Crippen LogP) is 1.57. The van der Waals surface area contributed by atoms with Gasteiger partial charge in [-0.05, 0) is 19.1 Å². The molecule has 0 aromatic heterocycles. The van der Waals surface area contributed by atoms with E-state index < -0.39 is 19.3 Å². The van der Waals surface area contributed by atoms with Gasteiger partial charge in [-0.25, -0.2) is 0 Å². The van der Waals surface area contributed by atoms with Crippen molar-refractivity contribution < 1.29 is 4.74 Å². The van der Waals surface area contributed by atoms with Crippen molar-refractivity contribution in [2.24, 2.45) is 0 Å². The van der Waals surface area contributed by atoms with Crippen LogP contribution in [-0.4, -0.2) is 25.9 Å². The van der Waals surface area contributed by atoms with Crippen molar-refractivity contribution >= 4 is 32.0 Å². The zero-order valence-electron chi connectivity index (χ0n) is 6.51. The number of halogens is 1. The van der Waals surface area contributed by atoms with E-state index in [1.54, 1.807) is 0 Å². The van der Waals surface area contributed by atoms with Crippen LogP contribution in [0.1, 0.15) is 6.92 Å². The Hall–Kier alpha value is 0.0762. The van der Waals surface area contributed by atoms with E-state index >= 15 is 0 Å². The Morgan fingerprint density at radius 3 is 3.00 bits per heavy atom. The van der Waals surface area contributed by atoms with Crippen molar-refractivity contribution in [3.63, 3.8) is 0 Å². The fraction of sp³-hybridized carbons (Fsp3) is 0.250. The molecule has 0 spiro atoms. The van der Waals surface area contributed by atoms with Gasteiger partial charge in [-0.3, -0.25) is 0 Å². The highest BCUT2D eigenvalue weighted by molar-refractivity contribution is 7.01. The van der Waals surface area contributed by atoms with Gasteiger partial charge in [0.1, 0.15) is 5.75 Å². The van der Waals surface area contributed by atoms with Gasteiger partial charge in [0.05, 0.1) is 6.61 Å². The summed E-state index contributed by atoms with van der Waals surface area (Å²) in [7, 11) is 5.78. The van der Waals surface area contributed by atoms with Crippen LogP contribution in [0.2, 0.25) is 0 Å². The molecule has 1 nitrogen and oxygen atoms in total. The fourth-order valence-electron chi connectivity index (χ4n) is 0.885. The van der Waals surface area contributed by atoms with Crippen LogP contribution in [-0.2, 0) is 0 Å². The van der Waals surface area contributed by atoms with Gasteiger partial charge in [-0.2, -0.15) is 0 Å². The van der Waals surface area contributed by atoms with Crippen LogP contribution in [0.4, 0.5) is 0 Å². The van der Waals surface area contributed by atoms with Crippen LogP contribution in [0.3, 0.4) is 0 Å². The van der Waals surface area contributed by atoms with E-state index in [9.17, 15) is 0 Å². The molecule has 0 atom stereocenters. The molecule has 1 aromatic carbocycles. The van der Waals surface area contributed by atoms with Crippen molar-refractivity contribution in [1.82, 2.24) is 0 Å². The SMILES string of the molecule is CCOc1ccc[c]([Mg][Cl])c1. The minimum atomic E-state index is -0.555. The average Bonchev–Trinajstić information content (AvgIpc) is 2.06. The lowest BCUT2D eigenvalue weighted by atomic mass is 10.3. The Labute approximate surface area is 80.2 Å². The first-order valence-electron chi connectivity index (χ1n) is 3.64. The minimum Gasteiger partial charge on any atom is -0.494 e. The normalized spacial score (nSPS) is 8.91. The Balaban J connectivity index is 2.74. The molecule has 0 aliphatic rings. The molecule has 0 aliphatic carbocycles. The van der Waals surface area contributed by atoms with E-state index in [1.807, 2.05) is 31.2 Å². The third kappa shape index (κ3) is 2.89. The molecule has 0 saturated carbocycles. The quantitative estimate of drug-likeness (QED) is 0.643. The number of benzene rings is 1. The summed E-state index contributed by atoms with van der Waals surface area (Å²) in [4.78, 5) is 0. The van der Waals surface area contributed by atoms with Gasteiger partial charge in [0.25, 0.3) is 0 Å². The molecule has 0 N–H and O–H groups in total. The lowest BCUT2D eigenvalue weighted by molar-refractivity contribution is 0.340. The number of rotatable bonds is 3. The van der Waals surface area contributed by atoms with Crippen molar-refractivity contribution in [1.29, 1.82) is 0 Å². The van der Waals surface area contributed by atoms with Crippen LogP contribution < -0.4 is 8.43 Å². The average molecular weight is 181 g/mol. The summed E-state index contributed by atoms with van der Waals surface area (Å²) in [5.74, 6) is 0.929. The van der Waals surface area contributed by atoms with Gasteiger partial charge >= 0.3 is 19.3 Å². The fourth-order valence-corrected chi connectivity index (χ4v) is 1.89. The van der Waals surface area contributed by atoms with Crippen molar-refractivity contribution in [2.75, 3.05) is 6.61 Å². The van der Waals surface area contributed by atoms with Crippen LogP contribution in [0.25, 0.3) is 0 Å². The Bertz CT molecular complexity index is 227. The number of hydrogen-bond acceptors (Lipinski definition) is 1. The third-order valence-corrected chi connectivity index (χ3v) is 3.04. The maximum Gasteiger partial charge on any atom is 0.538 e. The third-order valence-electron chi connectivity index (χ3n) is 1.36. The van der Waals surface area contributed by atoms with Crippen molar-refractivity contribution in [2.45, 2.75) is 6.92 Å². The molecule has 0 unspecified atom stereocenters. The van der Waals surface area contributed by atoms with Crippen molar-refractivity contribution in [3.05, 3.63) is 24.3 Å². The van der Waals surface area contributed by atoms with Gasteiger partial charge in [0.15, 0.2) is 0 Å². The Kier molecular flexibility index (Phi) is 4.05. The largest absolute Gasteiger partial charge is 0.538 e. The predicted molar refractivity (Wildman–Crippen MR) is 48.9 cm³/mol. The van der Waals surface area contributed by atoms with Gasteiger partial charge in [-0.15, -0.1) is 3.69 Å². The second kappa shape index (κ2) is 4.85. The maximum atomic E-state index is 5.78. The zero-order valence-corrected chi connectivity index (χ0v) is 8.68. The molecule has 0 fully saturated rings. The Morgan fingerprint density at radius 2 is 2.36 bits per heavy atom. The first kappa shape index (κ1) is 9.17. The van der Waals surface area contributed by atoms with E-state index in [2.05, 4.69) is 0 Å². The highest BCUT2D eigenvalue weighted by atomic mass is 35.5. The molecule has 0 radical (unpaired) electrons. The standard InChI is InChI=1S/C8H9O.ClH.Mg/c1-2-9-8-6-4-3-5-7-8;;/h3-4,6-7H,2H2,1H3;1H;/q;;+1/p-1. The van der Waals surface area contributed by atoms with Gasteiger partial charge in [0, 0.05) is 0 Å². The molecule has 0 aliphatic heterocycles. The summed E-state index contributed by atoms with van der Waals surface area (Å²) in [6, 6.07) is 7.99. The highest BCUT2D eigenvalue weighted by Crippen LogP contribution is 2.06. The lowest BCUT2D eigenvalue weighted by Gasteiger charge is -2.03. The molecular formula is C8H9ClMgO. The summed E-state index contributed by atoms with van der Waals surface area (Å²) in [6.07, 6.45) is 0. The van der Waals surface area contributed by atoms with E-state index in [1.165, 1.54) is 3.69 Å². The first-order valence-corrected chi connectivity index (χ1v) is 6.49. The number of ether oxygens (including phenoxy) is 1. The van der Waals surface area contributed by atoms with E-state index in [-0.39, 0.29) is 0 Å². The van der Waals surface area contributed by atoms with Crippen LogP contribution in [0, 0.1) is 0 Å². The summed E-state index contributed by atoms with van der Waals surface area (Å²) >= 11 is -0.555. The summed E-state index contributed by atoms with van der Waals surface area (Å²) < 4.78 is 6.55. The number of hydrogen-bond donors (Lipinski definition) is 0. The molecular weight excluding hydrogens is 172 g/mol. The molecule has 1 rings (SSSR count). The maximum absolute atomic E-state index is 5.78. The smallest absolute Gasteiger partial charge is 0.494 e. The molecule has 3 heteroatoms. The monoisotopic (exact) mass is 180 g/mol. The molecule has 56 valence electrons. The summed E-state index contributed by atoms with van der Waals surface area (Å²) in [5, 5.41) is 0. The molecule has 1 aromatic rings. The lowest BCUT2D eigenvalue weighted by Crippen LogP contribution is -2.08. The summed E-state index contributed by atoms with van der Waals surface area (Å²) in [6.45, 7) is 2.69. The zero-order chi connectivity index (χ0) is 8.10. The highest BCUT2D eigenvalue weighted by Gasteiger charge is 1.96. The van der Waals surface area contributed by atoms with E-state index in [0.29, 0.717) is 6.61 Å². The van der Waals surface area contributed by atoms with Gasteiger partial charge in [0.2, 0.25) is 0 Å². The second-order valence-corrected chi connectivity index (χ2v) is 4.10. The van der Waals surface area contributed by atoms with Crippen LogP contribution in [0.5, 0.6) is 5.75 Å². The summed E-state index contributed by atoms with van der Waals surface area (Å²) in [5.41, 5.74) is 0. The van der Waals surface area contributed by atoms with Crippen LogP contribution >= 0.6 is 9.07 Å².